The molecule has 2 heterocycles. The first kappa shape index (κ1) is 17.1. The molecule has 0 unspecified atom stereocenters. The fourth-order valence-electron chi connectivity index (χ4n) is 1.02. The summed E-state index contributed by atoms with van der Waals surface area (Å²) in [5.41, 5.74) is 0.782. The number of hydrogen-bond donors (Lipinski definition) is 1. The molecule has 0 spiro atoms. The fraction of sp³-hybridized carbons (Fsp3) is 0.182. The normalized spacial score (nSPS) is 9.89. The number of carbonyl (C=O) groups is 1. The van der Waals surface area contributed by atoms with E-state index in [4.69, 9.17) is 5.11 Å². The van der Waals surface area contributed by atoms with E-state index in [9.17, 15) is 4.79 Å². The second-order valence-electron chi connectivity index (χ2n) is 3.27. The zero-order chi connectivity index (χ0) is 13.4. The van der Waals surface area contributed by atoms with Crippen LogP contribution in [0.15, 0.2) is 36.6 Å². The third-order valence-electron chi connectivity index (χ3n) is 1.61. The molecule has 2 rings (SSSR count). The first-order valence-corrected chi connectivity index (χ1v) is 5.02. The molecule has 104 valence electrons. The van der Waals surface area contributed by atoms with Crippen LogP contribution < -0.4 is 0 Å². The molecule has 2 aromatic heterocycles. The summed E-state index contributed by atoms with van der Waals surface area (Å²) in [4.78, 5) is 13.8. The van der Waals surface area contributed by atoms with Crippen molar-refractivity contribution in [1.29, 1.82) is 0 Å². The number of carbonyl (C=O) groups excluding carboxylic acids is 1. The largest absolute Gasteiger partial charge is 0.512 e. The van der Waals surface area contributed by atoms with E-state index in [2.05, 4.69) is 26.6 Å². The summed E-state index contributed by atoms with van der Waals surface area (Å²) >= 11 is 0. The number of rotatable bonds is 2. The topological polar surface area (TPSA) is 93.8 Å². The third kappa shape index (κ3) is 7.20. The Morgan fingerprint density at radius 2 is 2.21 bits per heavy atom. The average Bonchev–Trinajstić information content (AvgIpc) is 2.82. The Bertz CT molecular complexity index is 509. The van der Waals surface area contributed by atoms with E-state index in [0.717, 1.165) is 5.69 Å². The van der Waals surface area contributed by atoms with Crippen LogP contribution in [0.3, 0.4) is 0 Å². The standard InChI is InChI=1S/C6H4N5.C5H8O2.Pt/c1-3-7-4-2-6(1)11-5-8-9-10-11;1-4(6)3-5(2)7;/h1,3-5H;3,6H,1-2H3;/q-1;;/b;4-3-;. The fourth-order valence-corrected chi connectivity index (χ4v) is 1.02. The molecule has 7 nitrogen and oxygen atoms in total. The van der Waals surface area contributed by atoms with E-state index in [1.165, 1.54) is 30.9 Å². The summed E-state index contributed by atoms with van der Waals surface area (Å²) in [6.07, 6.45) is 5.90. The summed E-state index contributed by atoms with van der Waals surface area (Å²) in [5.74, 6) is -0.0625. The minimum absolute atomic E-state index is 0. The van der Waals surface area contributed by atoms with Gasteiger partial charge in [0.15, 0.2) is 5.78 Å². The summed E-state index contributed by atoms with van der Waals surface area (Å²) < 4.78 is 1.52. The van der Waals surface area contributed by atoms with Crippen molar-refractivity contribution in [2.24, 2.45) is 0 Å². The van der Waals surface area contributed by atoms with Gasteiger partial charge in [0.05, 0.1) is 5.76 Å². The molecule has 2 aromatic rings. The Balaban J connectivity index is 0.000000360. The van der Waals surface area contributed by atoms with Gasteiger partial charge >= 0.3 is 0 Å². The van der Waals surface area contributed by atoms with Gasteiger partial charge in [-0.1, -0.05) is 18.1 Å². The maximum atomic E-state index is 10.0. The van der Waals surface area contributed by atoms with Crippen LogP contribution in [0.5, 0.6) is 0 Å². The van der Waals surface area contributed by atoms with Crippen LogP contribution in [0.25, 0.3) is 5.69 Å². The number of aliphatic hydroxyl groups is 1. The van der Waals surface area contributed by atoms with Crippen molar-refractivity contribution < 1.29 is 31.0 Å². The van der Waals surface area contributed by atoms with Crippen molar-refractivity contribution in [2.75, 3.05) is 0 Å². The van der Waals surface area contributed by atoms with Crippen molar-refractivity contribution in [3.63, 3.8) is 0 Å². The van der Waals surface area contributed by atoms with Crippen LogP contribution in [0.2, 0.25) is 0 Å². The molecule has 0 aliphatic carbocycles. The molecule has 0 amide bonds. The Labute approximate surface area is 124 Å². The Morgan fingerprint density at radius 3 is 2.58 bits per heavy atom. The minimum atomic E-state index is -0.125. The van der Waals surface area contributed by atoms with Crippen LogP contribution in [-0.2, 0) is 25.9 Å². The van der Waals surface area contributed by atoms with Crippen LogP contribution in [0.1, 0.15) is 13.8 Å². The van der Waals surface area contributed by atoms with Gasteiger partial charge < -0.3 is 10.1 Å². The number of tetrazole rings is 1. The Kier molecular flexibility index (Phi) is 8.20. The molecular formula is C11H12N5O2Pt-. The van der Waals surface area contributed by atoms with E-state index < -0.39 is 0 Å². The third-order valence-corrected chi connectivity index (χ3v) is 1.61. The van der Waals surface area contributed by atoms with Crippen molar-refractivity contribution in [3.05, 3.63) is 42.7 Å². The van der Waals surface area contributed by atoms with Gasteiger partial charge in [-0.25, -0.2) is 10.7 Å². The van der Waals surface area contributed by atoms with Crippen molar-refractivity contribution in [1.82, 2.24) is 25.2 Å². The predicted molar refractivity (Wildman–Crippen MR) is 62.9 cm³/mol. The molecule has 0 aliphatic rings. The summed E-state index contributed by atoms with van der Waals surface area (Å²) in [6, 6.07) is 4.65. The molecule has 0 aromatic carbocycles. The first-order chi connectivity index (χ1) is 8.59. The molecule has 0 fully saturated rings. The second kappa shape index (κ2) is 9.10. The number of aromatic nitrogens is 5. The van der Waals surface area contributed by atoms with Gasteiger partial charge in [-0.3, -0.25) is 4.79 Å². The van der Waals surface area contributed by atoms with Crippen LogP contribution >= 0.6 is 0 Å². The zero-order valence-electron chi connectivity index (χ0n) is 10.3. The summed E-state index contributed by atoms with van der Waals surface area (Å²) in [7, 11) is 0. The molecule has 8 heteroatoms. The number of nitrogens with zero attached hydrogens (tertiary/aromatic N) is 5. The number of ketones is 1. The quantitative estimate of drug-likeness (QED) is 0.423. The molecule has 19 heavy (non-hydrogen) atoms. The van der Waals surface area contributed by atoms with Crippen LogP contribution in [0, 0.1) is 6.07 Å². The molecule has 0 saturated carbocycles. The molecule has 0 atom stereocenters. The van der Waals surface area contributed by atoms with E-state index in [1.807, 2.05) is 0 Å². The van der Waals surface area contributed by atoms with Crippen LogP contribution in [-0.4, -0.2) is 36.1 Å². The SMILES string of the molecule is CC(=O)/C=C(/C)O.[Pt].[c-]1cnccc1-n1cnnn1. The molecule has 0 saturated heterocycles. The van der Waals surface area contributed by atoms with Crippen molar-refractivity contribution in [2.45, 2.75) is 13.8 Å². The maximum absolute atomic E-state index is 10.0. The van der Waals surface area contributed by atoms with Gasteiger partial charge in [0, 0.05) is 27.1 Å². The van der Waals surface area contributed by atoms with E-state index in [0.29, 0.717) is 0 Å². The van der Waals surface area contributed by atoms with Gasteiger partial charge in [-0.05, 0) is 24.3 Å². The summed E-state index contributed by atoms with van der Waals surface area (Å²) in [5, 5.41) is 19.0. The molecule has 0 aliphatic heterocycles. The molecule has 0 bridgehead atoms. The number of allylic oxidation sites excluding steroid dienone is 2. The maximum Gasteiger partial charge on any atom is 0.155 e. The predicted octanol–water partition coefficient (Wildman–Crippen LogP) is 0.892. The van der Waals surface area contributed by atoms with E-state index >= 15 is 0 Å². The Hall–Kier alpha value is -1.88. The first-order valence-electron chi connectivity index (χ1n) is 5.02. The molecule has 1 N–H and O–H groups in total. The van der Waals surface area contributed by atoms with E-state index in [-0.39, 0.29) is 32.6 Å². The van der Waals surface area contributed by atoms with Gasteiger partial charge in [0.25, 0.3) is 0 Å². The molecular weight excluding hydrogens is 429 g/mol. The van der Waals surface area contributed by atoms with Gasteiger partial charge in [-0.2, -0.15) is 6.07 Å². The van der Waals surface area contributed by atoms with Gasteiger partial charge in [0.1, 0.15) is 6.33 Å². The van der Waals surface area contributed by atoms with E-state index in [1.54, 1.807) is 18.5 Å². The monoisotopic (exact) mass is 441 g/mol. The Morgan fingerprint density at radius 1 is 1.47 bits per heavy atom. The second-order valence-corrected chi connectivity index (χ2v) is 3.27. The number of pyridine rings is 1. The van der Waals surface area contributed by atoms with Crippen molar-refractivity contribution >= 4 is 5.78 Å². The number of aliphatic hydroxyl groups excluding tert-OH is 1. The van der Waals surface area contributed by atoms with Gasteiger partial charge in [-0.15, -0.1) is 5.10 Å². The smallest absolute Gasteiger partial charge is 0.155 e. The average molecular weight is 441 g/mol. The van der Waals surface area contributed by atoms with Crippen molar-refractivity contribution in [3.8, 4) is 5.69 Å². The molecule has 0 radical (unpaired) electrons. The number of hydrogen-bond acceptors (Lipinski definition) is 6. The minimum Gasteiger partial charge on any atom is -0.512 e. The summed E-state index contributed by atoms with van der Waals surface area (Å²) in [6.45, 7) is 2.85. The zero-order valence-corrected chi connectivity index (χ0v) is 12.6. The van der Waals surface area contributed by atoms with Gasteiger partial charge in [0.2, 0.25) is 0 Å². The van der Waals surface area contributed by atoms with Crippen LogP contribution in [0.4, 0.5) is 0 Å².